The number of carbonyl (C=O) groups is 1. The number of ether oxygens (including phenoxy) is 3. The average Bonchev–Trinajstić information content (AvgIpc) is 3.16. The van der Waals surface area contributed by atoms with E-state index in [0.717, 1.165) is 16.8 Å². The van der Waals surface area contributed by atoms with Crippen LogP contribution in [0, 0.1) is 6.92 Å². The number of methoxy groups -OCH3 is 2. The van der Waals surface area contributed by atoms with Crippen LogP contribution in [0.5, 0.6) is 11.5 Å². The van der Waals surface area contributed by atoms with Gasteiger partial charge >= 0.3 is 5.97 Å². The third-order valence-electron chi connectivity index (χ3n) is 4.22. The summed E-state index contributed by atoms with van der Waals surface area (Å²) in [5, 5.41) is 9.35. The minimum Gasteiger partial charge on any atom is -0.497 e. The molecule has 29 heavy (non-hydrogen) atoms. The summed E-state index contributed by atoms with van der Waals surface area (Å²) in [5.74, 6) is 1.79. The van der Waals surface area contributed by atoms with Crippen molar-refractivity contribution in [3.63, 3.8) is 0 Å². The molecular weight excluding hydrogens is 390 g/mol. The first kappa shape index (κ1) is 20.7. The molecule has 3 aromatic rings. The lowest BCUT2D eigenvalue weighted by molar-refractivity contribution is -0.139. The van der Waals surface area contributed by atoms with E-state index >= 15 is 0 Å². The Kier molecular flexibility index (Phi) is 6.77. The summed E-state index contributed by atoms with van der Waals surface area (Å²) in [6, 6.07) is 13.5. The average molecular weight is 413 g/mol. The lowest BCUT2D eigenvalue weighted by Crippen LogP contribution is -2.08. The molecule has 0 atom stereocenters. The number of hydrogen-bond donors (Lipinski definition) is 0. The number of carbonyl (C=O) groups excluding carboxylic acids is 1. The van der Waals surface area contributed by atoms with E-state index in [4.69, 9.17) is 14.2 Å². The fourth-order valence-electron chi connectivity index (χ4n) is 2.84. The summed E-state index contributed by atoms with van der Waals surface area (Å²) < 4.78 is 17.8. The molecule has 0 aliphatic carbocycles. The summed E-state index contributed by atoms with van der Waals surface area (Å²) >= 11 is 1.29. The molecular formula is C21H23N3O4S. The standard InChI is InChI=1S/C21H23N3O4S/c1-5-28-19(25)13-29-21-23-22-20(24(21)18-9-7-6-8-14(18)2)15-10-16(26-3)12-17(11-15)27-4/h6-12H,5,13H2,1-4H3. The largest absolute Gasteiger partial charge is 0.497 e. The lowest BCUT2D eigenvalue weighted by Gasteiger charge is -2.14. The van der Waals surface area contributed by atoms with E-state index in [1.807, 2.05) is 47.9 Å². The second-order valence-corrected chi connectivity index (χ2v) is 7.07. The Morgan fingerprint density at radius 1 is 1.07 bits per heavy atom. The quantitative estimate of drug-likeness (QED) is 0.409. The molecule has 0 bridgehead atoms. The van der Waals surface area contributed by atoms with Crippen molar-refractivity contribution < 1.29 is 19.0 Å². The van der Waals surface area contributed by atoms with Gasteiger partial charge in [-0.2, -0.15) is 0 Å². The molecule has 0 aliphatic heterocycles. The first-order valence-corrected chi connectivity index (χ1v) is 10.1. The Hall–Kier alpha value is -3.00. The molecule has 1 heterocycles. The topological polar surface area (TPSA) is 75.5 Å². The van der Waals surface area contributed by atoms with Gasteiger partial charge in [0.2, 0.25) is 0 Å². The molecule has 0 N–H and O–H groups in total. The van der Waals surface area contributed by atoms with Gasteiger partial charge in [0.25, 0.3) is 0 Å². The van der Waals surface area contributed by atoms with Crippen LogP contribution in [0.4, 0.5) is 0 Å². The molecule has 152 valence electrons. The van der Waals surface area contributed by atoms with Crippen molar-refractivity contribution in [2.24, 2.45) is 0 Å². The summed E-state index contributed by atoms with van der Waals surface area (Å²) in [6.45, 7) is 4.15. The van der Waals surface area contributed by atoms with Crippen LogP contribution in [0.25, 0.3) is 17.1 Å². The van der Waals surface area contributed by atoms with E-state index in [9.17, 15) is 4.79 Å². The second-order valence-electron chi connectivity index (χ2n) is 6.12. The number of para-hydroxylation sites is 1. The molecule has 0 aliphatic rings. The number of esters is 1. The molecule has 0 saturated carbocycles. The van der Waals surface area contributed by atoms with Crippen molar-refractivity contribution in [1.82, 2.24) is 14.8 Å². The second kappa shape index (κ2) is 9.47. The molecule has 0 radical (unpaired) electrons. The van der Waals surface area contributed by atoms with Crippen molar-refractivity contribution in [3.05, 3.63) is 48.0 Å². The van der Waals surface area contributed by atoms with Gasteiger partial charge in [-0.05, 0) is 37.6 Å². The van der Waals surface area contributed by atoms with E-state index < -0.39 is 0 Å². The zero-order valence-corrected chi connectivity index (χ0v) is 17.7. The van der Waals surface area contributed by atoms with E-state index in [-0.39, 0.29) is 11.7 Å². The molecule has 0 spiro atoms. The van der Waals surface area contributed by atoms with Crippen LogP contribution in [0.1, 0.15) is 12.5 Å². The number of thioether (sulfide) groups is 1. The number of nitrogens with zero attached hydrogens (tertiary/aromatic N) is 3. The van der Waals surface area contributed by atoms with Crippen LogP contribution in [-0.2, 0) is 9.53 Å². The molecule has 8 heteroatoms. The van der Waals surface area contributed by atoms with Gasteiger partial charge in [0.1, 0.15) is 11.5 Å². The van der Waals surface area contributed by atoms with Gasteiger partial charge in [-0.25, -0.2) is 0 Å². The van der Waals surface area contributed by atoms with Gasteiger partial charge in [0.05, 0.1) is 32.3 Å². The molecule has 3 rings (SSSR count). The fraction of sp³-hybridized carbons (Fsp3) is 0.286. The van der Waals surface area contributed by atoms with Gasteiger partial charge in [0.15, 0.2) is 11.0 Å². The molecule has 0 amide bonds. The van der Waals surface area contributed by atoms with Crippen LogP contribution in [-0.4, -0.2) is 47.3 Å². The number of hydrogen-bond acceptors (Lipinski definition) is 7. The van der Waals surface area contributed by atoms with Crippen LogP contribution in [0.15, 0.2) is 47.6 Å². The SMILES string of the molecule is CCOC(=O)CSc1nnc(-c2cc(OC)cc(OC)c2)n1-c1ccccc1C. The molecule has 1 aromatic heterocycles. The first-order valence-electron chi connectivity index (χ1n) is 9.10. The van der Waals surface area contributed by atoms with Gasteiger partial charge in [-0.1, -0.05) is 30.0 Å². The first-order chi connectivity index (χ1) is 14.1. The Morgan fingerprint density at radius 2 is 1.76 bits per heavy atom. The summed E-state index contributed by atoms with van der Waals surface area (Å²) in [7, 11) is 3.20. The van der Waals surface area contributed by atoms with Crippen LogP contribution in [0.3, 0.4) is 0 Å². The number of aromatic nitrogens is 3. The van der Waals surface area contributed by atoms with Crippen molar-refractivity contribution in [1.29, 1.82) is 0 Å². The number of rotatable bonds is 8. The Balaban J connectivity index is 2.11. The number of aryl methyl sites for hydroxylation is 1. The summed E-state index contributed by atoms with van der Waals surface area (Å²) in [4.78, 5) is 11.8. The van der Waals surface area contributed by atoms with Crippen LogP contribution < -0.4 is 9.47 Å². The van der Waals surface area contributed by atoms with Crippen molar-refractivity contribution >= 4 is 17.7 Å². The number of benzene rings is 2. The van der Waals surface area contributed by atoms with Crippen molar-refractivity contribution in [3.8, 4) is 28.6 Å². The van der Waals surface area contributed by atoms with Gasteiger partial charge in [-0.3, -0.25) is 9.36 Å². The van der Waals surface area contributed by atoms with Gasteiger partial charge < -0.3 is 14.2 Å². The smallest absolute Gasteiger partial charge is 0.316 e. The predicted octanol–water partition coefficient (Wildman–Crippen LogP) is 3.92. The van der Waals surface area contributed by atoms with E-state index in [1.54, 1.807) is 27.2 Å². The molecule has 7 nitrogen and oxygen atoms in total. The van der Waals surface area contributed by atoms with Gasteiger partial charge in [-0.15, -0.1) is 10.2 Å². The van der Waals surface area contributed by atoms with Crippen molar-refractivity contribution in [2.45, 2.75) is 19.0 Å². The maximum absolute atomic E-state index is 11.8. The minimum atomic E-state index is -0.290. The maximum atomic E-state index is 11.8. The highest BCUT2D eigenvalue weighted by atomic mass is 32.2. The van der Waals surface area contributed by atoms with E-state index in [1.165, 1.54) is 11.8 Å². The highest BCUT2D eigenvalue weighted by Gasteiger charge is 2.20. The van der Waals surface area contributed by atoms with Crippen LogP contribution in [0.2, 0.25) is 0 Å². The Labute approximate surface area is 174 Å². The summed E-state index contributed by atoms with van der Waals surface area (Å²) in [5.41, 5.74) is 2.78. The van der Waals surface area contributed by atoms with E-state index in [0.29, 0.717) is 29.1 Å². The maximum Gasteiger partial charge on any atom is 0.316 e. The minimum absolute atomic E-state index is 0.152. The molecule has 2 aromatic carbocycles. The highest BCUT2D eigenvalue weighted by molar-refractivity contribution is 7.99. The summed E-state index contributed by atoms with van der Waals surface area (Å²) in [6.07, 6.45) is 0. The predicted molar refractivity (Wildman–Crippen MR) is 112 cm³/mol. The molecule has 0 unspecified atom stereocenters. The Bertz CT molecular complexity index is 981. The monoisotopic (exact) mass is 413 g/mol. The van der Waals surface area contributed by atoms with Crippen molar-refractivity contribution in [2.75, 3.05) is 26.6 Å². The van der Waals surface area contributed by atoms with Crippen LogP contribution >= 0.6 is 11.8 Å². The molecule has 0 saturated heterocycles. The third kappa shape index (κ3) is 4.71. The Morgan fingerprint density at radius 3 is 2.38 bits per heavy atom. The normalized spacial score (nSPS) is 10.6. The zero-order chi connectivity index (χ0) is 20.8. The fourth-order valence-corrected chi connectivity index (χ4v) is 3.59. The van der Waals surface area contributed by atoms with Gasteiger partial charge in [0, 0.05) is 11.6 Å². The van der Waals surface area contributed by atoms with E-state index in [2.05, 4.69) is 10.2 Å². The molecule has 0 fully saturated rings. The zero-order valence-electron chi connectivity index (χ0n) is 16.8. The lowest BCUT2D eigenvalue weighted by atomic mass is 10.1. The highest BCUT2D eigenvalue weighted by Crippen LogP contribution is 2.33. The third-order valence-corrected chi connectivity index (χ3v) is 5.13.